The van der Waals surface area contributed by atoms with Gasteiger partial charge in [-0.25, -0.2) is 9.59 Å². The fourth-order valence-electron chi connectivity index (χ4n) is 2.66. The largest absolute Gasteiger partial charge is 0.508 e. The van der Waals surface area contributed by atoms with Crippen LogP contribution in [-0.2, 0) is 14.3 Å². The fourth-order valence-corrected chi connectivity index (χ4v) is 2.66. The smallest absolute Gasteiger partial charge is 0.407 e. The number of benzene rings is 2. The SMILES string of the molecule is COC(=O)NC(CCC(=O)NC(c1ccc(O)cc1)c1ccc(O)cc1)C(=O)O. The van der Waals surface area contributed by atoms with E-state index >= 15 is 0 Å². The second-order valence-electron chi connectivity index (χ2n) is 6.25. The van der Waals surface area contributed by atoms with Crippen molar-refractivity contribution >= 4 is 18.0 Å². The first kappa shape index (κ1) is 21.5. The van der Waals surface area contributed by atoms with E-state index in [9.17, 15) is 29.7 Å². The molecule has 0 aromatic heterocycles. The topological polar surface area (TPSA) is 145 Å². The summed E-state index contributed by atoms with van der Waals surface area (Å²) in [5.74, 6) is -1.57. The lowest BCUT2D eigenvalue weighted by molar-refractivity contribution is -0.139. The summed E-state index contributed by atoms with van der Waals surface area (Å²) in [7, 11) is 1.11. The second-order valence-corrected chi connectivity index (χ2v) is 6.25. The maximum atomic E-state index is 12.5. The molecule has 2 aromatic rings. The van der Waals surface area contributed by atoms with Gasteiger partial charge in [0.05, 0.1) is 13.2 Å². The number of amides is 2. The van der Waals surface area contributed by atoms with Crippen molar-refractivity contribution in [2.24, 2.45) is 0 Å². The Morgan fingerprint density at radius 2 is 1.38 bits per heavy atom. The van der Waals surface area contributed by atoms with Crippen LogP contribution in [0.2, 0.25) is 0 Å². The molecule has 0 fully saturated rings. The third-order valence-electron chi connectivity index (χ3n) is 4.19. The molecule has 0 spiro atoms. The number of aliphatic carboxylic acids is 1. The lowest BCUT2D eigenvalue weighted by atomic mass is 9.98. The standard InChI is InChI=1S/C20H22N2O7/c1-29-20(28)21-16(19(26)27)10-11-17(25)22-18(12-2-6-14(23)7-3-12)13-4-8-15(24)9-5-13/h2-9,16,18,23-24H,10-11H2,1H3,(H,21,28)(H,22,25)(H,26,27). The number of carboxylic acids is 1. The van der Waals surface area contributed by atoms with Crippen molar-refractivity contribution < 1.29 is 34.4 Å². The van der Waals surface area contributed by atoms with Crippen molar-refractivity contribution in [2.75, 3.05) is 7.11 Å². The van der Waals surface area contributed by atoms with Crippen molar-refractivity contribution in [1.82, 2.24) is 10.6 Å². The van der Waals surface area contributed by atoms with Gasteiger partial charge in [-0.15, -0.1) is 0 Å². The Hall–Kier alpha value is -3.75. The molecule has 2 rings (SSSR count). The zero-order chi connectivity index (χ0) is 21.4. The normalized spacial score (nSPS) is 11.5. The van der Waals surface area contributed by atoms with E-state index in [1.807, 2.05) is 0 Å². The number of hydrogen-bond donors (Lipinski definition) is 5. The maximum absolute atomic E-state index is 12.5. The Balaban J connectivity index is 2.12. The highest BCUT2D eigenvalue weighted by molar-refractivity contribution is 5.82. The number of methoxy groups -OCH3 is 1. The minimum atomic E-state index is -1.28. The average Bonchev–Trinajstić information content (AvgIpc) is 2.70. The molecule has 0 saturated heterocycles. The first-order chi connectivity index (χ1) is 13.8. The number of aromatic hydroxyl groups is 2. The Bertz CT molecular complexity index is 805. The van der Waals surface area contributed by atoms with E-state index in [2.05, 4.69) is 15.4 Å². The van der Waals surface area contributed by atoms with Gasteiger partial charge in [0.2, 0.25) is 5.91 Å². The molecular formula is C20H22N2O7. The predicted molar refractivity (Wildman–Crippen MR) is 102 cm³/mol. The fraction of sp³-hybridized carbons (Fsp3) is 0.250. The zero-order valence-electron chi connectivity index (χ0n) is 15.7. The molecule has 5 N–H and O–H groups in total. The maximum Gasteiger partial charge on any atom is 0.407 e. The van der Waals surface area contributed by atoms with Gasteiger partial charge in [0.1, 0.15) is 17.5 Å². The molecule has 0 saturated carbocycles. The highest BCUT2D eigenvalue weighted by Gasteiger charge is 2.23. The molecule has 0 radical (unpaired) electrons. The van der Waals surface area contributed by atoms with E-state index in [4.69, 9.17) is 0 Å². The summed E-state index contributed by atoms with van der Waals surface area (Å²) in [6.45, 7) is 0. The Labute approximate surface area is 166 Å². The minimum absolute atomic E-state index is 0.0720. The number of ether oxygens (including phenoxy) is 1. The number of phenols is 2. The number of carboxylic acid groups (broad SMARTS) is 1. The van der Waals surface area contributed by atoms with Crippen LogP contribution >= 0.6 is 0 Å². The van der Waals surface area contributed by atoms with Crippen LogP contribution < -0.4 is 10.6 Å². The summed E-state index contributed by atoms with van der Waals surface area (Å²) in [5.41, 5.74) is 1.37. The van der Waals surface area contributed by atoms with Gasteiger partial charge in [-0.05, 0) is 41.8 Å². The highest BCUT2D eigenvalue weighted by Crippen LogP contribution is 2.25. The van der Waals surface area contributed by atoms with Crippen LogP contribution in [0, 0.1) is 0 Å². The Kier molecular flexibility index (Phi) is 7.41. The number of phenolic OH excluding ortho intramolecular Hbond substituents is 2. The van der Waals surface area contributed by atoms with Gasteiger partial charge in [-0.1, -0.05) is 24.3 Å². The molecule has 0 aliphatic heterocycles. The third-order valence-corrected chi connectivity index (χ3v) is 4.19. The molecule has 29 heavy (non-hydrogen) atoms. The summed E-state index contributed by atoms with van der Waals surface area (Å²) in [6.07, 6.45) is -1.19. The van der Waals surface area contributed by atoms with Gasteiger partial charge in [-0.2, -0.15) is 0 Å². The monoisotopic (exact) mass is 402 g/mol. The van der Waals surface area contributed by atoms with E-state index in [0.29, 0.717) is 11.1 Å². The first-order valence-electron chi connectivity index (χ1n) is 8.74. The second kappa shape index (κ2) is 9.98. The van der Waals surface area contributed by atoms with Gasteiger partial charge in [0.25, 0.3) is 0 Å². The van der Waals surface area contributed by atoms with Crippen molar-refractivity contribution in [2.45, 2.75) is 24.9 Å². The van der Waals surface area contributed by atoms with Gasteiger partial charge >= 0.3 is 12.1 Å². The van der Waals surface area contributed by atoms with Crippen LogP contribution in [0.15, 0.2) is 48.5 Å². The lowest BCUT2D eigenvalue weighted by Crippen LogP contribution is -2.41. The van der Waals surface area contributed by atoms with E-state index in [1.54, 1.807) is 24.3 Å². The molecule has 0 aliphatic rings. The number of carbonyl (C=O) groups is 3. The van der Waals surface area contributed by atoms with Crippen LogP contribution in [-0.4, -0.2) is 46.4 Å². The zero-order valence-corrected chi connectivity index (χ0v) is 15.7. The molecule has 2 amide bonds. The van der Waals surface area contributed by atoms with Crippen molar-refractivity contribution in [3.8, 4) is 11.5 Å². The number of rotatable bonds is 8. The molecule has 9 nitrogen and oxygen atoms in total. The van der Waals surface area contributed by atoms with Gasteiger partial charge < -0.3 is 30.7 Å². The lowest BCUT2D eigenvalue weighted by Gasteiger charge is -2.21. The summed E-state index contributed by atoms with van der Waals surface area (Å²) in [6, 6.07) is 10.7. The summed E-state index contributed by atoms with van der Waals surface area (Å²) in [5, 5.41) is 33.1. The Morgan fingerprint density at radius 1 is 0.897 bits per heavy atom. The number of carbonyl (C=O) groups excluding carboxylic acids is 2. The molecular weight excluding hydrogens is 380 g/mol. The summed E-state index contributed by atoms with van der Waals surface area (Å²) >= 11 is 0. The van der Waals surface area contributed by atoms with Crippen molar-refractivity contribution in [1.29, 1.82) is 0 Å². The molecule has 1 unspecified atom stereocenters. The summed E-state index contributed by atoms with van der Waals surface area (Å²) < 4.78 is 4.38. The first-order valence-corrected chi connectivity index (χ1v) is 8.74. The van der Waals surface area contributed by atoms with Gasteiger partial charge in [-0.3, -0.25) is 4.79 Å². The quantitative estimate of drug-likeness (QED) is 0.453. The number of alkyl carbamates (subject to hydrolysis) is 1. The molecule has 2 aromatic carbocycles. The van der Waals surface area contributed by atoms with Gasteiger partial charge in [0.15, 0.2) is 0 Å². The predicted octanol–water partition coefficient (Wildman–Crippen LogP) is 1.89. The molecule has 1 atom stereocenters. The molecule has 0 heterocycles. The van der Waals surface area contributed by atoms with Crippen molar-refractivity contribution in [3.05, 3.63) is 59.7 Å². The summed E-state index contributed by atoms with van der Waals surface area (Å²) in [4.78, 5) is 34.9. The third kappa shape index (κ3) is 6.42. The Morgan fingerprint density at radius 3 is 1.79 bits per heavy atom. The van der Waals surface area contributed by atoms with E-state index in [-0.39, 0.29) is 24.3 Å². The van der Waals surface area contributed by atoms with E-state index in [0.717, 1.165) is 7.11 Å². The van der Waals surface area contributed by atoms with Crippen LogP contribution in [0.3, 0.4) is 0 Å². The van der Waals surface area contributed by atoms with E-state index in [1.165, 1.54) is 24.3 Å². The number of nitrogens with one attached hydrogen (secondary N) is 2. The van der Waals surface area contributed by atoms with Crippen molar-refractivity contribution in [3.63, 3.8) is 0 Å². The van der Waals surface area contributed by atoms with Crippen LogP contribution in [0.25, 0.3) is 0 Å². The molecule has 0 aliphatic carbocycles. The van der Waals surface area contributed by atoms with E-state index < -0.39 is 30.1 Å². The minimum Gasteiger partial charge on any atom is -0.508 e. The molecule has 154 valence electrons. The number of hydrogen-bond acceptors (Lipinski definition) is 6. The average molecular weight is 402 g/mol. The van der Waals surface area contributed by atoms with Crippen LogP contribution in [0.5, 0.6) is 11.5 Å². The van der Waals surface area contributed by atoms with Crippen LogP contribution in [0.4, 0.5) is 4.79 Å². The van der Waals surface area contributed by atoms with Crippen LogP contribution in [0.1, 0.15) is 30.0 Å². The highest BCUT2D eigenvalue weighted by atomic mass is 16.5. The molecule has 0 bridgehead atoms. The molecule has 9 heteroatoms. The van der Waals surface area contributed by atoms with Gasteiger partial charge in [0, 0.05) is 6.42 Å².